The monoisotopic (exact) mass is 234 g/mol. The van der Waals surface area contributed by atoms with Crippen molar-refractivity contribution in [1.82, 2.24) is 9.88 Å². The van der Waals surface area contributed by atoms with Crippen molar-refractivity contribution in [3.63, 3.8) is 0 Å². The van der Waals surface area contributed by atoms with Crippen LogP contribution < -0.4 is 0 Å². The molecule has 0 amide bonds. The first kappa shape index (κ1) is 12.4. The van der Waals surface area contributed by atoms with Gasteiger partial charge in [-0.2, -0.15) is 0 Å². The van der Waals surface area contributed by atoms with Crippen LogP contribution in [0.25, 0.3) is 0 Å². The average Bonchev–Trinajstić information content (AvgIpc) is 2.86. The molecule has 2 heterocycles. The molecular weight excluding hydrogens is 212 g/mol. The third-order valence-corrected chi connectivity index (χ3v) is 3.67. The van der Waals surface area contributed by atoms with E-state index in [4.69, 9.17) is 0 Å². The summed E-state index contributed by atoms with van der Waals surface area (Å²) in [4.78, 5) is 17.2. The molecule has 1 fully saturated rings. The van der Waals surface area contributed by atoms with Gasteiger partial charge < -0.3 is 4.98 Å². The fourth-order valence-electron chi connectivity index (χ4n) is 2.63. The number of Topliss-reactive ketones (excluding diaryl/α,β-unsaturated/α-hetero) is 1. The van der Waals surface area contributed by atoms with Crippen molar-refractivity contribution in [2.75, 3.05) is 19.6 Å². The Morgan fingerprint density at radius 3 is 2.82 bits per heavy atom. The van der Waals surface area contributed by atoms with Gasteiger partial charge in [-0.1, -0.05) is 19.8 Å². The van der Waals surface area contributed by atoms with Gasteiger partial charge in [-0.05, 0) is 44.0 Å². The number of carbonyl (C=O) groups excluding carboxylic acids is 1. The normalized spacial score (nSPS) is 18.4. The Morgan fingerprint density at radius 2 is 2.24 bits per heavy atom. The number of aromatic amines is 1. The summed E-state index contributed by atoms with van der Waals surface area (Å²) in [6, 6.07) is 3.73. The van der Waals surface area contributed by atoms with E-state index in [1.807, 2.05) is 12.1 Å². The third-order valence-electron chi connectivity index (χ3n) is 3.67. The minimum absolute atomic E-state index is 0.212. The topological polar surface area (TPSA) is 36.1 Å². The van der Waals surface area contributed by atoms with Crippen LogP contribution >= 0.6 is 0 Å². The quantitative estimate of drug-likeness (QED) is 0.795. The predicted octanol–water partition coefficient (Wildman–Crippen LogP) is 2.71. The van der Waals surface area contributed by atoms with Gasteiger partial charge in [0.2, 0.25) is 0 Å². The molecule has 1 aliphatic heterocycles. The number of likely N-dealkylation sites (tertiary alicyclic amines) is 1. The van der Waals surface area contributed by atoms with E-state index in [0.29, 0.717) is 6.54 Å². The van der Waals surface area contributed by atoms with Crippen LogP contribution in [0.2, 0.25) is 0 Å². The van der Waals surface area contributed by atoms with E-state index < -0.39 is 0 Å². The molecular formula is C14H22N2O. The second-order valence-electron chi connectivity index (χ2n) is 5.02. The molecule has 3 nitrogen and oxygen atoms in total. The number of hydrogen-bond acceptors (Lipinski definition) is 2. The number of rotatable bonds is 5. The molecule has 1 saturated heterocycles. The highest BCUT2D eigenvalue weighted by Gasteiger charge is 2.20. The van der Waals surface area contributed by atoms with Gasteiger partial charge in [0.25, 0.3) is 0 Å². The molecule has 2 rings (SSSR count). The number of nitrogens with one attached hydrogen (secondary N) is 1. The Kier molecular flexibility index (Phi) is 4.37. The first-order chi connectivity index (χ1) is 8.29. The van der Waals surface area contributed by atoms with Gasteiger partial charge in [0, 0.05) is 6.20 Å². The first-order valence-corrected chi connectivity index (χ1v) is 6.68. The molecule has 1 aromatic heterocycles. The van der Waals surface area contributed by atoms with Crippen LogP contribution in [0.4, 0.5) is 0 Å². The second kappa shape index (κ2) is 6.01. The highest BCUT2D eigenvalue weighted by Crippen LogP contribution is 2.21. The maximum atomic E-state index is 11.9. The lowest BCUT2D eigenvalue weighted by molar-refractivity contribution is 0.0888. The van der Waals surface area contributed by atoms with Crippen molar-refractivity contribution >= 4 is 5.78 Å². The molecule has 94 valence electrons. The SMILES string of the molecule is CCCC1CCN(CC(=O)c2ccc[nH]2)CC1. The van der Waals surface area contributed by atoms with Gasteiger partial charge in [0.05, 0.1) is 12.2 Å². The number of aromatic nitrogens is 1. The lowest BCUT2D eigenvalue weighted by atomic mass is 9.92. The summed E-state index contributed by atoms with van der Waals surface area (Å²) in [5.41, 5.74) is 0.737. The summed E-state index contributed by atoms with van der Waals surface area (Å²) >= 11 is 0. The summed E-state index contributed by atoms with van der Waals surface area (Å²) in [5, 5.41) is 0. The van der Waals surface area contributed by atoms with Gasteiger partial charge in [-0.3, -0.25) is 9.69 Å². The van der Waals surface area contributed by atoms with Crippen molar-refractivity contribution in [3.05, 3.63) is 24.0 Å². The standard InChI is InChI=1S/C14H22N2O/c1-2-4-12-6-9-16(10-7-12)11-14(17)13-5-3-8-15-13/h3,5,8,12,15H,2,4,6-7,9-11H2,1H3. The van der Waals surface area contributed by atoms with Crippen molar-refractivity contribution in [1.29, 1.82) is 0 Å². The average molecular weight is 234 g/mol. The molecule has 0 spiro atoms. The van der Waals surface area contributed by atoms with Crippen LogP contribution in [0.3, 0.4) is 0 Å². The van der Waals surface area contributed by atoms with Gasteiger partial charge in [-0.15, -0.1) is 0 Å². The first-order valence-electron chi connectivity index (χ1n) is 6.68. The molecule has 0 bridgehead atoms. The predicted molar refractivity (Wildman–Crippen MR) is 69.2 cm³/mol. The summed E-state index contributed by atoms with van der Waals surface area (Å²) < 4.78 is 0. The van der Waals surface area contributed by atoms with E-state index in [1.54, 1.807) is 6.20 Å². The third kappa shape index (κ3) is 3.43. The minimum atomic E-state index is 0.212. The molecule has 0 unspecified atom stereocenters. The fourth-order valence-corrected chi connectivity index (χ4v) is 2.63. The summed E-state index contributed by atoms with van der Waals surface area (Å²) in [6.07, 6.45) is 6.95. The van der Waals surface area contributed by atoms with Crippen molar-refractivity contribution in [3.8, 4) is 0 Å². The Balaban J connectivity index is 1.76. The zero-order chi connectivity index (χ0) is 12.1. The Morgan fingerprint density at radius 1 is 1.47 bits per heavy atom. The van der Waals surface area contributed by atoms with E-state index in [2.05, 4.69) is 16.8 Å². The second-order valence-corrected chi connectivity index (χ2v) is 5.02. The maximum Gasteiger partial charge on any atom is 0.192 e. The number of hydrogen-bond donors (Lipinski definition) is 1. The summed E-state index contributed by atoms with van der Waals surface area (Å²) in [5.74, 6) is 1.10. The number of carbonyl (C=O) groups is 1. The zero-order valence-corrected chi connectivity index (χ0v) is 10.6. The number of ketones is 1. The van der Waals surface area contributed by atoms with Crippen molar-refractivity contribution < 1.29 is 4.79 Å². The van der Waals surface area contributed by atoms with Gasteiger partial charge in [-0.25, -0.2) is 0 Å². The van der Waals surface area contributed by atoms with Crippen LogP contribution in [-0.4, -0.2) is 35.3 Å². The minimum Gasteiger partial charge on any atom is -0.359 e. The van der Waals surface area contributed by atoms with Crippen LogP contribution in [0, 0.1) is 5.92 Å². The van der Waals surface area contributed by atoms with Gasteiger partial charge in [0.1, 0.15) is 0 Å². The molecule has 0 saturated carbocycles. The van der Waals surface area contributed by atoms with E-state index >= 15 is 0 Å². The highest BCUT2D eigenvalue weighted by atomic mass is 16.1. The summed E-state index contributed by atoms with van der Waals surface area (Å²) in [7, 11) is 0. The lowest BCUT2D eigenvalue weighted by Crippen LogP contribution is -2.37. The summed E-state index contributed by atoms with van der Waals surface area (Å²) in [6.45, 7) is 4.98. The van der Waals surface area contributed by atoms with Crippen molar-refractivity contribution in [2.45, 2.75) is 32.6 Å². The van der Waals surface area contributed by atoms with E-state index in [9.17, 15) is 4.79 Å². The number of nitrogens with zero attached hydrogens (tertiary/aromatic N) is 1. The molecule has 0 radical (unpaired) electrons. The van der Waals surface area contributed by atoms with Crippen LogP contribution in [0.1, 0.15) is 43.1 Å². The Labute approximate surface area is 103 Å². The van der Waals surface area contributed by atoms with Gasteiger partial charge >= 0.3 is 0 Å². The number of H-pyrrole nitrogens is 1. The van der Waals surface area contributed by atoms with E-state index in [-0.39, 0.29) is 5.78 Å². The molecule has 0 aromatic carbocycles. The Hall–Kier alpha value is -1.09. The van der Waals surface area contributed by atoms with Crippen LogP contribution in [0.5, 0.6) is 0 Å². The lowest BCUT2D eigenvalue weighted by Gasteiger charge is -2.31. The van der Waals surface area contributed by atoms with Gasteiger partial charge in [0.15, 0.2) is 5.78 Å². The molecule has 1 aromatic rings. The largest absolute Gasteiger partial charge is 0.359 e. The fraction of sp³-hybridized carbons (Fsp3) is 0.643. The molecule has 1 N–H and O–H groups in total. The van der Waals surface area contributed by atoms with E-state index in [0.717, 1.165) is 24.7 Å². The van der Waals surface area contributed by atoms with Crippen LogP contribution in [-0.2, 0) is 0 Å². The van der Waals surface area contributed by atoms with Crippen LogP contribution in [0.15, 0.2) is 18.3 Å². The molecule has 3 heteroatoms. The zero-order valence-electron chi connectivity index (χ0n) is 10.6. The molecule has 1 aliphatic rings. The number of piperidine rings is 1. The van der Waals surface area contributed by atoms with Crippen molar-refractivity contribution in [2.24, 2.45) is 5.92 Å². The molecule has 0 aliphatic carbocycles. The van der Waals surface area contributed by atoms with E-state index in [1.165, 1.54) is 25.7 Å². The molecule has 0 atom stereocenters. The Bertz CT molecular complexity index is 337. The highest BCUT2D eigenvalue weighted by molar-refractivity contribution is 5.95. The smallest absolute Gasteiger partial charge is 0.192 e. The maximum absolute atomic E-state index is 11.9. The molecule has 17 heavy (non-hydrogen) atoms.